The maximum Gasteiger partial charge on any atom is 0.276 e. The number of anilines is 1. The van der Waals surface area contributed by atoms with Gasteiger partial charge < -0.3 is 5.32 Å². The van der Waals surface area contributed by atoms with Crippen LogP contribution in [0.4, 0.5) is 11.4 Å². The molecule has 0 bridgehead atoms. The van der Waals surface area contributed by atoms with Crippen LogP contribution in [0.1, 0.15) is 6.92 Å². The largest absolute Gasteiger partial charge is 0.325 e. The topological polar surface area (TPSA) is 127 Å². The molecule has 8 nitrogen and oxygen atoms in total. The Hall–Kier alpha value is -2.00. The average Bonchev–Trinajstić information content (AvgIpc) is 2.27. The van der Waals surface area contributed by atoms with Crippen molar-refractivity contribution in [3.63, 3.8) is 0 Å². The number of hydrogen-bond acceptors (Lipinski definition) is 5. The lowest BCUT2D eigenvalue weighted by Gasteiger charge is -2.09. The van der Waals surface area contributed by atoms with E-state index in [1.54, 1.807) is 0 Å². The highest BCUT2D eigenvalue weighted by Gasteiger charge is 2.25. The molecule has 1 rings (SSSR count). The van der Waals surface area contributed by atoms with Gasteiger partial charge in [-0.3, -0.25) is 19.5 Å². The summed E-state index contributed by atoms with van der Waals surface area (Å²) in [5.41, 5.74) is 0.0388. The Balaban J connectivity index is 2.80. The average molecular weight is 274 g/mol. The van der Waals surface area contributed by atoms with Gasteiger partial charge in [0.25, 0.3) is 15.8 Å². The van der Waals surface area contributed by atoms with Gasteiger partial charge in [0.05, 0.1) is 4.92 Å². The summed E-state index contributed by atoms with van der Waals surface area (Å²) in [5.74, 6) is -0.925. The van der Waals surface area contributed by atoms with Crippen molar-refractivity contribution in [3.05, 3.63) is 34.4 Å². The summed E-state index contributed by atoms with van der Waals surface area (Å²) in [6.45, 7) is 1.02. The molecule has 0 saturated heterocycles. The highest BCUT2D eigenvalue weighted by molar-refractivity contribution is 7.87. The minimum Gasteiger partial charge on any atom is -0.325 e. The first-order valence-corrected chi connectivity index (χ1v) is 6.24. The molecule has 0 aromatic heterocycles. The number of hydrogen-bond donors (Lipinski definition) is 2. The second-order valence-electron chi connectivity index (χ2n) is 3.45. The van der Waals surface area contributed by atoms with Gasteiger partial charge in [0, 0.05) is 17.8 Å². The fraction of sp³-hybridized carbons (Fsp3) is 0.222. The van der Waals surface area contributed by atoms with E-state index in [2.05, 4.69) is 5.32 Å². The van der Waals surface area contributed by atoms with Crippen molar-refractivity contribution >= 4 is 27.4 Å². The second kappa shape index (κ2) is 5.10. The van der Waals surface area contributed by atoms with Gasteiger partial charge in [-0.25, -0.2) is 0 Å². The van der Waals surface area contributed by atoms with Crippen molar-refractivity contribution < 1.29 is 22.7 Å². The van der Waals surface area contributed by atoms with Crippen molar-refractivity contribution in [1.29, 1.82) is 0 Å². The highest BCUT2D eigenvalue weighted by atomic mass is 32.2. The van der Waals surface area contributed by atoms with E-state index in [0.29, 0.717) is 0 Å². The Morgan fingerprint density at radius 3 is 2.28 bits per heavy atom. The predicted octanol–water partition coefficient (Wildman–Crippen LogP) is 0.810. The Morgan fingerprint density at radius 1 is 1.39 bits per heavy atom. The van der Waals surface area contributed by atoms with Crippen LogP contribution in [0.5, 0.6) is 0 Å². The fourth-order valence-corrected chi connectivity index (χ4v) is 1.38. The van der Waals surface area contributed by atoms with Gasteiger partial charge >= 0.3 is 0 Å². The maximum atomic E-state index is 11.4. The Labute approximate surface area is 103 Å². The number of rotatable bonds is 4. The molecule has 1 aromatic rings. The van der Waals surface area contributed by atoms with E-state index >= 15 is 0 Å². The van der Waals surface area contributed by atoms with Crippen LogP contribution < -0.4 is 5.32 Å². The number of amides is 1. The van der Waals surface area contributed by atoms with Crippen LogP contribution in [0.25, 0.3) is 0 Å². The smallest absolute Gasteiger partial charge is 0.276 e. The molecule has 0 heterocycles. The lowest BCUT2D eigenvalue weighted by Crippen LogP contribution is -2.32. The molecule has 0 radical (unpaired) electrons. The van der Waals surface area contributed by atoms with Crippen molar-refractivity contribution in [1.82, 2.24) is 0 Å². The van der Waals surface area contributed by atoms with Gasteiger partial charge in [-0.1, -0.05) is 0 Å². The lowest BCUT2D eigenvalue weighted by molar-refractivity contribution is -0.384. The van der Waals surface area contributed by atoms with Crippen LogP contribution in [-0.4, -0.2) is 29.1 Å². The van der Waals surface area contributed by atoms with Crippen molar-refractivity contribution in [2.45, 2.75) is 12.2 Å². The minimum absolute atomic E-state index is 0.157. The van der Waals surface area contributed by atoms with E-state index in [4.69, 9.17) is 4.55 Å². The first-order chi connectivity index (χ1) is 8.21. The van der Waals surface area contributed by atoms with Crippen molar-refractivity contribution in [3.8, 4) is 0 Å². The molecule has 0 fully saturated rings. The highest BCUT2D eigenvalue weighted by Crippen LogP contribution is 2.16. The number of nitrogens with zero attached hydrogens (tertiary/aromatic N) is 1. The molecular formula is C9H10N2O6S. The predicted molar refractivity (Wildman–Crippen MR) is 62.7 cm³/mol. The molecule has 9 heteroatoms. The van der Waals surface area contributed by atoms with E-state index in [1.807, 2.05) is 0 Å². The summed E-state index contributed by atoms with van der Waals surface area (Å²) in [7, 11) is -4.46. The van der Waals surface area contributed by atoms with E-state index in [9.17, 15) is 23.3 Å². The molecule has 2 N–H and O–H groups in total. The summed E-state index contributed by atoms with van der Waals surface area (Å²) < 4.78 is 30.1. The molecular weight excluding hydrogens is 264 g/mol. The fourth-order valence-electron chi connectivity index (χ4n) is 1.05. The molecule has 0 spiro atoms. The molecule has 1 aromatic carbocycles. The van der Waals surface area contributed by atoms with Crippen molar-refractivity contribution in [2.75, 3.05) is 5.32 Å². The Kier molecular flexibility index (Phi) is 3.99. The normalized spacial score (nSPS) is 12.8. The standard InChI is InChI=1S/C9H10N2O6S/c1-6(18(15,16)17)9(12)10-7-2-4-8(5-3-7)11(13)14/h2-6H,1H3,(H,10,12)(H,15,16,17). The Morgan fingerprint density at radius 2 is 1.89 bits per heavy atom. The van der Waals surface area contributed by atoms with Crippen molar-refractivity contribution in [2.24, 2.45) is 0 Å². The summed E-state index contributed by atoms with van der Waals surface area (Å²) in [6, 6.07) is 4.83. The molecule has 0 aliphatic carbocycles. The van der Waals surface area contributed by atoms with Crippen LogP contribution >= 0.6 is 0 Å². The molecule has 0 saturated carbocycles. The van der Waals surface area contributed by atoms with Gasteiger partial charge in [0.2, 0.25) is 5.91 Å². The number of nitrogens with one attached hydrogen (secondary N) is 1. The number of benzene rings is 1. The third-order valence-electron chi connectivity index (χ3n) is 2.16. The van der Waals surface area contributed by atoms with Crippen LogP contribution in [0, 0.1) is 10.1 Å². The minimum atomic E-state index is -4.46. The molecule has 1 unspecified atom stereocenters. The zero-order valence-corrected chi connectivity index (χ0v) is 10.0. The van der Waals surface area contributed by atoms with Crippen LogP contribution in [0.15, 0.2) is 24.3 Å². The summed E-state index contributed by atoms with van der Waals surface area (Å²) >= 11 is 0. The SMILES string of the molecule is CC(C(=O)Nc1ccc([N+](=O)[O-])cc1)S(=O)(=O)O. The monoisotopic (exact) mass is 274 g/mol. The number of carbonyl (C=O) groups excluding carboxylic acids is 1. The third-order valence-corrected chi connectivity index (χ3v) is 3.27. The van der Waals surface area contributed by atoms with Crippen LogP contribution in [-0.2, 0) is 14.9 Å². The van der Waals surface area contributed by atoms with E-state index in [-0.39, 0.29) is 11.4 Å². The number of nitro groups is 1. The zero-order valence-electron chi connectivity index (χ0n) is 9.23. The number of carbonyl (C=O) groups is 1. The maximum absolute atomic E-state index is 11.4. The first-order valence-electron chi connectivity index (χ1n) is 4.73. The number of nitro benzene ring substituents is 1. The summed E-state index contributed by atoms with van der Waals surface area (Å²) in [5, 5.41) is 11.0. The molecule has 18 heavy (non-hydrogen) atoms. The van der Waals surface area contributed by atoms with Gasteiger partial charge in [0.1, 0.15) is 0 Å². The third kappa shape index (κ3) is 3.50. The molecule has 98 valence electrons. The van der Waals surface area contributed by atoms with Gasteiger partial charge in [-0.05, 0) is 19.1 Å². The van der Waals surface area contributed by atoms with Gasteiger partial charge in [-0.15, -0.1) is 0 Å². The molecule has 0 aliphatic rings. The second-order valence-corrected chi connectivity index (χ2v) is 5.19. The van der Waals surface area contributed by atoms with Crippen LogP contribution in [0.3, 0.4) is 0 Å². The summed E-state index contributed by atoms with van der Waals surface area (Å²) in [4.78, 5) is 21.2. The first kappa shape index (κ1) is 14.1. The zero-order chi connectivity index (χ0) is 13.9. The lowest BCUT2D eigenvalue weighted by atomic mass is 10.3. The quantitative estimate of drug-likeness (QED) is 0.475. The van der Waals surface area contributed by atoms with E-state index in [0.717, 1.165) is 19.1 Å². The molecule has 1 amide bonds. The Bertz CT molecular complexity index is 565. The van der Waals surface area contributed by atoms with Gasteiger partial charge in [-0.2, -0.15) is 8.42 Å². The number of non-ortho nitro benzene ring substituents is 1. The molecule has 0 aliphatic heterocycles. The summed E-state index contributed by atoms with van der Waals surface area (Å²) in [6.07, 6.45) is 0. The molecule has 1 atom stereocenters. The van der Waals surface area contributed by atoms with Gasteiger partial charge in [0.15, 0.2) is 5.25 Å². The van der Waals surface area contributed by atoms with E-state index in [1.165, 1.54) is 12.1 Å². The van der Waals surface area contributed by atoms with Crippen LogP contribution in [0.2, 0.25) is 0 Å². The van der Waals surface area contributed by atoms with E-state index < -0.39 is 26.2 Å².